The Morgan fingerprint density at radius 1 is 1.12 bits per heavy atom. The lowest BCUT2D eigenvalue weighted by Gasteiger charge is -2.08. The molecule has 0 spiro atoms. The maximum Gasteiger partial charge on any atom is 0.274 e. The van der Waals surface area contributed by atoms with Gasteiger partial charge in [-0.2, -0.15) is 0 Å². The highest BCUT2D eigenvalue weighted by atomic mass is 35.5. The summed E-state index contributed by atoms with van der Waals surface area (Å²) in [6.45, 7) is 1.88. The highest BCUT2D eigenvalue weighted by Crippen LogP contribution is 2.20. The molecule has 3 aromatic rings. The first-order chi connectivity index (χ1) is 12.0. The largest absolute Gasteiger partial charge is 0.324 e. The topological polar surface area (TPSA) is 66.9 Å². The van der Waals surface area contributed by atoms with Crippen molar-refractivity contribution in [3.63, 3.8) is 0 Å². The monoisotopic (exact) mass is 356 g/mol. The molecule has 0 saturated carbocycles. The second kappa shape index (κ2) is 7.27. The maximum atomic E-state index is 13.2. The number of aryl methyl sites for hydroxylation is 1. The van der Waals surface area contributed by atoms with E-state index in [0.717, 1.165) is 5.56 Å². The van der Waals surface area contributed by atoms with E-state index in [1.165, 1.54) is 24.4 Å². The van der Waals surface area contributed by atoms with Crippen LogP contribution in [0.1, 0.15) is 16.1 Å². The number of hydrogen-bond acceptors (Lipinski definition) is 4. The lowest BCUT2D eigenvalue weighted by molar-refractivity contribution is 0.102. The summed E-state index contributed by atoms with van der Waals surface area (Å²) in [5.41, 5.74) is 2.15. The molecule has 1 aromatic heterocycles. The van der Waals surface area contributed by atoms with E-state index in [-0.39, 0.29) is 17.5 Å². The number of nitrogens with one attached hydrogen (secondary N) is 2. The van der Waals surface area contributed by atoms with Gasteiger partial charge in [0.2, 0.25) is 5.95 Å². The average molecular weight is 357 g/mol. The molecule has 0 aliphatic carbocycles. The predicted octanol–water partition coefficient (Wildman–Crippen LogP) is 4.57. The molecule has 0 radical (unpaired) electrons. The lowest BCUT2D eigenvalue weighted by atomic mass is 10.2. The third-order valence-electron chi connectivity index (χ3n) is 3.40. The van der Waals surface area contributed by atoms with E-state index in [0.29, 0.717) is 16.4 Å². The van der Waals surface area contributed by atoms with Gasteiger partial charge in [0.05, 0.1) is 0 Å². The normalized spacial score (nSPS) is 10.4. The minimum Gasteiger partial charge on any atom is -0.324 e. The van der Waals surface area contributed by atoms with Gasteiger partial charge >= 0.3 is 0 Å². The van der Waals surface area contributed by atoms with Gasteiger partial charge < -0.3 is 10.6 Å². The van der Waals surface area contributed by atoms with Gasteiger partial charge in [0, 0.05) is 22.6 Å². The van der Waals surface area contributed by atoms with Crippen LogP contribution in [0.5, 0.6) is 0 Å². The van der Waals surface area contributed by atoms with Gasteiger partial charge in [-0.25, -0.2) is 14.4 Å². The summed E-state index contributed by atoms with van der Waals surface area (Å²) in [6.07, 6.45) is 1.45. The van der Waals surface area contributed by atoms with Crippen molar-refractivity contribution in [3.8, 4) is 0 Å². The van der Waals surface area contributed by atoms with Gasteiger partial charge in [-0.05, 0) is 48.9 Å². The van der Waals surface area contributed by atoms with Crippen molar-refractivity contribution in [2.24, 2.45) is 0 Å². The molecule has 0 atom stereocenters. The van der Waals surface area contributed by atoms with Crippen molar-refractivity contribution in [1.29, 1.82) is 0 Å². The van der Waals surface area contributed by atoms with E-state index in [4.69, 9.17) is 11.6 Å². The molecule has 2 N–H and O–H groups in total. The number of anilines is 3. The van der Waals surface area contributed by atoms with Crippen molar-refractivity contribution in [3.05, 3.63) is 76.8 Å². The van der Waals surface area contributed by atoms with E-state index < -0.39 is 5.91 Å². The van der Waals surface area contributed by atoms with Gasteiger partial charge in [0.1, 0.15) is 11.5 Å². The smallest absolute Gasteiger partial charge is 0.274 e. The molecule has 0 fully saturated rings. The van der Waals surface area contributed by atoms with Crippen molar-refractivity contribution >= 4 is 34.8 Å². The van der Waals surface area contributed by atoms with Gasteiger partial charge in [0.15, 0.2) is 0 Å². The summed E-state index contributed by atoms with van der Waals surface area (Å²) >= 11 is 6.05. The van der Waals surface area contributed by atoms with Crippen LogP contribution in [0, 0.1) is 12.7 Å². The lowest BCUT2D eigenvalue weighted by Crippen LogP contribution is -2.14. The zero-order chi connectivity index (χ0) is 17.8. The standard InChI is InChI=1S/C18H14ClFN4O/c1-11-5-6-14(10-15(11)19)22-17(25)16-7-8-21-18(24-16)23-13-4-2-3-12(20)9-13/h2-10H,1H3,(H,22,25)(H,21,23,24). The Morgan fingerprint density at radius 3 is 2.72 bits per heavy atom. The Kier molecular flexibility index (Phi) is 4.90. The van der Waals surface area contributed by atoms with Crippen molar-refractivity contribution in [2.75, 3.05) is 10.6 Å². The zero-order valence-electron chi connectivity index (χ0n) is 13.3. The molecule has 0 unspecified atom stereocenters. The number of amides is 1. The fourth-order valence-corrected chi connectivity index (χ4v) is 2.29. The minimum atomic E-state index is -0.399. The second-order valence-electron chi connectivity index (χ2n) is 5.32. The quantitative estimate of drug-likeness (QED) is 0.718. The van der Waals surface area contributed by atoms with Gasteiger partial charge in [-0.15, -0.1) is 0 Å². The number of carbonyl (C=O) groups is 1. The molecule has 0 bridgehead atoms. The fourth-order valence-electron chi connectivity index (χ4n) is 2.11. The Hall–Kier alpha value is -2.99. The van der Waals surface area contributed by atoms with Crippen LogP contribution in [0.4, 0.5) is 21.7 Å². The Morgan fingerprint density at radius 2 is 1.96 bits per heavy atom. The van der Waals surface area contributed by atoms with E-state index in [1.807, 2.05) is 13.0 Å². The summed E-state index contributed by atoms with van der Waals surface area (Å²) in [7, 11) is 0. The second-order valence-corrected chi connectivity index (χ2v) is 5.73. The number of rotatable bonds is 4. The first kappa shape index (κ1) is 16.9. The number of aromatic nitrogens is 2. The van der Waals surface area contributed by atoms with Crippen LogP contribution < -0.4 is 10.6 Å². The first-order valence-corrected chi connectivity index (χ1v) is 7.82. The van der Waals surface area contributed by atoms with Crippen LogP contribution in [0.15, 0.2) is 54.7 Å². The van der Waals surface area contributed by atoms with E-state index in [9.17, 15) is 9.18 Å². The Bertz CT molecular complexity index is 932. The SMILES string of the molecule is Cc1ccc(NC(=O)c2ccnc(Nc3cccc(F)c3)n2)cc1Cl. The third kappa shape index (κ3) is 4.30. The van der Waals surface area contributed by atoms with Gasteiger partial charge in [0.25, 0.3) is 5.91 Å². The van der Waals surface area contributed by atoms with Crippen LogP contribution in [0.3, 0.4) is 0 Å². The molecule has 7 heteroatoms. The van der Waals surface area contributed by atoms with Crippen LogP contribution in [-0.2, 0) is 0 Å². The fraction of sp³-hybridized carbons (Fsp3) is 0.0556. The summed E-state index contributed by atoms with van der Waals surface area (Å²) in [5.74, 6) is -0.583. The predicted molar refractivity (Wildman–Crippen MR) is 95.9 cm³/mol. The van der Waals surface area contributed by atoms with Crippen molar-refractivity contribution in [1.82, 2.24) is 9.97 Å². The molecular weight excluding hydrogens is 343 g/mol. The zero-order valence-corrected chi connectivity index (χ0v) is 14.0. The molecule has 2 aromatic carbocycles. The van der Waals surface area contributed by atoms with Gasteiger partial charge in [-0.3, -0.25) is 4.79 Å². The van der Waals surface area contributed by atoms with Crippen LogP contribution >= 0.6 is 11.6 Å². The number of carbonyl (C=O) groups excluding carboxylic acids is 1. The highest BCUT2D eigenvalue weighted by Gasteiger charge is 2.10. The van der Waals surface area contributed by atoms with Crippen molar-refractivity contribution < 1.29 is 9.18 Å². The van der Waals surface area contributed by atoms with E-state index in [1.54, 1.807) is 24.3 Å². The van der Waals surface area contributed by atoms with E-state index in [2.05, 4.69) is 20.6 Å². The number of benzene rings is 2. The molecular formula is C18H14ClFN4O. The summed E-state index contributed by atoms with van der Waals surface area (Å²) in [4.78, 5) is 20.5. The molecule has 25 heavy (non-hydrogen) atoms. The van der Waals surface area contributed by atoms with Gasteiger partial charge in [-0.1, -0.05) is 23.7 Å². The number of nitrogens with zero attached hydrogens (tertiary/aromatic N) is 2. The third-order valence-corrected chi connectivity index (χ3v) is 3.81. The summed E-state index contributed by atoms with van der Waals surface area (Å²) in [6, 6.07) is 12.6. The van der Waals surface area contributed by atoms with Crippen molar-refractivity contribution in [2.45, 2.75) is 6.92 Å². The molecule has 0 aliphatic heterocycles. The average Bonchev–Trinajstić information content (AvgIpc) is 2.58. The number of halogens is 2. The van der Waals surface area contributed by atoms with Crippen LogP contribution in [0.2, 0.25) is 5.02 Å². The Labute approximate surface area is 148 Å². The molecule has 1 heterocycles. The molecule has 0 saturated heterocycles. The minimum absolute atomic E-state index is 0.172. The van der Waals surface area contributed by atoms with E-state index >= 15 is 0 Å². The molecule has 0 aliphatic rings. The maximum absolute atomic E-state index is 13.2. The highest BCUT2D eigenvalue weighted by molar-refractivity contribution is 6.31. The van der Waals surface area contributed by atoms with Crippen LogP contribution in [-0.4, -0.2) is 15.9 Å². The summed E-state index contributed by atoms with van der Waals surface area (Å²) in [5, 5.41) is 6.15. The van der Waals surface area contributed by atoms with Crippen LogP contribution in [0.25, 0.3) is 0 Å². The summed E-state index contributed by atoms with van der Waals surface area (Å²) < 4.78 is 13.2. The Balaban J connectivity index is 1.76. The molecule has 3 rings (SSSR count). The first-order valence-electron chi connectivity index (χ1n) is 7.44. The molecule has 5 nitrogen and oxygen atoms in total. The number of hydrogen-bond donors (Lipinski definition) is 2. The molecule has 1 amide bonds. The molecule has 126 valence electrons.